The summed E-state index contributed by atoms with van der Waals surface area (Å²) in [4.78, 5) is 33.7. The van der Waals surface area contributed by atoms with Gasteiger partial charge in [0.05, 0.1) is 17.4 Å². The number of esters is 1. The van der Waals surface area contributed by atoms with Gasteiger partial charge in [-0.05, 0) is 32.4 Å². The summed E-state index contributed by atoms with van der Waals surface area (Å²) in [5.74, 6) is -1.43. The van der Waals surface area contributed by atoms with E-state index in [2.05, 4.69) is 10.5 Å². The lowest BCUT2D eigenvalue weighted by molar-refractivity contribution is -0.384. The summed E-state index contributed by atoms with van der Waals surface area (Å²) in [6, 6.07) is 5.14. The van der Waals surface area contributed by atoms with Crippen LogP contribution in [0.2, 0.25) is 0 Å². The Balaban J connectivity index is 2.75. The number of rotatable bonds is 7. The molecule has 0 unspecified atom stereocenters. The Morgan fingerprint density at radius 1 is 1.30 bits per heavy atom. The van der Waals surface area contributed by atoms with Gasteiger partial charge in [-0.3, -0.25) is 19.7 Å². The molecule has 0 spiro atoms. The highest BCUT2D eigenvalue weighted by Gasteiger charge is 2.21. The molecule has 0 radical (unpaired) electrons. The molecule has 1 N–H and O–H groups in total. The third kappa shape index (κ3) is 5.17. The predicted molar refractivity (Wildman–Crippen MR) is 84.1 cm³/mol. The molecule has 0 aliphatic rings. The fourth-order valence-corrected chi connectivity index (χ4v) is 1.89. The van der Waals surface area contributed by atoms with Crippen molar-refractivity contribution in [3.8, 4) is 0 Å². The molecule has 0 aromatic heterocycles. The lowest BCUT2D eigenvalue weighted by atomic mass is 10.0. The number of non-ortho nitro benzene ring substituents is 1. The van der Waals surface area contributed by atoms with Crippen LogP contribution in [0.1, 0.15) is 37.6 Å². The van der Waals surface area contributed by atoms with E-state index >= 15 is 0 Å². The van der Waals surface area contributed by atoms with Crippen LogP contribution in [0.4, 0.5) is 5.69 Å². The molecule has 1 amide bonds. The van der Waals surface area contributed by atoms with E-state index in [1.54, 1.807) is 13.8 Å². The summed E-state index contributed by atoms with van der Waals surface area (Å²) in [6.45, 7) is 5.44. The number of nitrogens with zero attached hydrogens (tertiary/aromatic N) is 2. The summed E-state index contributed by atoms with van der Waals surface area (Å²) in [5, 5.41) is 14.5. The number of amides is 1. The van der Waals surface area contributed by atoms with E-state index in [1.807, 2.05) is 6.92 Å². The molecule has 8 nitrogen and oxygen atoms in total. The zero-order chi connectivity index (χ0) is 17.4. The van der Waals surface area contributed by atoms with Crippen LogP contribution in [0.15, 0.2) is 29.4 Å². The summed E-state index contributed by atoms with van der Waals surface area (Å²) in [7, 11) is 0. The average molecular weight is 321 g/mol. The summed E-state index contributed by atoms with van der Waals surface area (Å²) in [5.41, 5.74) is 2.89. The number of carbonyl (C=O) groups excluding carboxylic acids is 2. The monoisotopic (exact) mass is 321 g/mol. The van der Waals surface area contributed by atoms with Gasteiger partial charge in [0.25, 0.3) is 11.6 Å². The Hall–Kier alpha value is -2.77. The summed E-state index contributed by atoms with van der Waals surface area (Å²) >= 11 is 0. The molecule has 1 atom stereocenters. The second kappa shape index (κ2) is 8.62. The van der Waals surface area contributed by atoms with Crippen molar-refractivity contribution in [1.29, 1.82) is 0 Å². The third-order valence-corrected chi connectivity index (χ3v) is 3.16. The molecule has 0 heterocycles. The van der Waals surface area contributed by atoms with Crippen LogP contribution in [0.3, 0.4) is 0 Å². The first-order valence-electron chi connectivity index (χ1n) is 7.16. The van der Waals surface area contributed by atoms with Crippen LogP contribution in [-0.4, -0.2) is 29.1 Å². The van der Waals surface area contributed by atoms with E-state index in [0.717, 1.165) is 0 Å². The smallest absolute Gasteiger partial charge is 0.314 e. The zero-order valence-electron chi connectivity index (χ0n) is 13.2. The van der Waals surface area contributed by atoms with Crippen molar-refractivity contribution < 1.29 is 19.2 Å². The van der Waals surface area contributed by atoms with Crippen molar-refractivity contribution in [2.45, 2.75) is 27.2 Å². The first-order valence-corrected chi connectivity index (χ1v) is 7.16. The van der Waals surface area contributed by atoms with Gasteiger partial charge in [-0.15, -0.1) is 0 Å². The maximum atomic E-state index is 11.9. The summed E-state index contributed by atoms with van der Waals surface area (Å²) < 4.78 is 4.95. The van der Waals surface area contributed by atoms with Crippen molar-refractivity contribution in [3.63, 3.8) is 0 Å². The Bertz CT molecular complexity index is 610. The van der Waals surface area contributed by atoms with Crippen molar-refractivity contribution in [2.75, 3.05) is 6.61 Å². The Morgan fingerprint density at radius 2 is 1.91 bits per heavy atom. The van der Waals surface area contributed by atoms with Crippen LogP contribution in [0.25, 0.3) is 0 Å². The van der Waals surface area contributed by atoms with Crippen molar-refractivity contribution in [2.24, 2.45) is 11.0 Å². The van der Waals surface area contributed by atoms with Crippen molar-refractivity contribution >= 4 is 23.3 Å². The van der Waals surface area contributed by atoms with Gasteiger partial charge in [-0.1, -0.05) is 6.92 Å². The highest BCUT2D eigenvalue weighted by molar-refractivity contribution is 6.02. The molecule has 23 heavy (non-hydrogen) atoms. The molecule has 0 bridgehead atoms. The van der Waals surface area contributed by atoms with E-state index in [1.165, 1.54) is 24.3 Å². The van der Waals surface area contributed by atoms with Gasteiger partial charge < -0.3 is 4.74 Å². The maximum Gasteiger partial charge on any atom is 0.314 e. The van der Waals surface area contributed by atoms with Crippen molar-refractivity contribution in [3.05, 3.63) is 39.9 Å². The minimum atomic E-state index is -0.546. The van der Waals surface area contributed by atoms with E-state index in [9.17, 15) is 19.7 Å². The van der Waals surface area contributed by atoms with Crippen LogP contribution < -0.4 is 5.43 Å². The molecule has 1 rings (SSSR count). The quantitative estimate of drug-likeness (QED) is 0.358. The Labute approximate surface area is 133 Å². The molecule has 0 saturated heterocycles. The number of benzene rings is 1. The second-order valence-electron chi connectivity index (χ2n) is 4.71. The van der Waals surface area contributed by atoms with Crippen LogP contribution in [-0.2, 0) is 9.53 Å². The highest BCUT2D eigenvalue weighted by Crippen LogP contribution is 2.12. The van der Waals surface area contributed by atoms with E-state index in [4.69, 9.17) is 4.74 Å². The van der Waals surface area contributed by atoms with E-state index in [-0.39, 0.29) is 23.8 Å². The topological polar surface area (TPSA) is 111 Å². The van der Waals surface area contributed by atoms with Gasteiger partial charge in [0, 0.05) is 23.4 Å². The van der Waals surface area contributed by atoms with Gasteiger partial charge in [0.1, 0.15) is 0 Å². The number of hydrogen-bond acceptors (Lipinski definition) is 6. The standard InChI is InChI=1S/C15H19N3O5/c1-4-13(15(20)23-5-2)10(3)16-17-14(19)11-6-8-12(9-7-11)18(21)22/h6-9,13H,4-5H2,1-3H3,(H,17,19)/b16-10+/t13-/m0/s1. The van der Waals surface area contributed by atoms with Crippen LogP contribution in [0, 0.1) is 16.0 Å². The van der Waals surface area contributed by atoms with E-state index in [0.29, 0.717) is 12.1 Å². The number of carbonyl (C=O) groups is 2. The molecule has 1 aromatic carbocycles. The number of nitrogens with one attached hydrogen (secondary N) is 1. The number of ether oxygens (including phenoxy) is 1. The lowest BCUT2D eigenvalue weighted by Crippen LogP contribution is -2.27. The predicted octanol–water partition coefficient (Wildman–Crippen LogP) is 2.29. The number of hydrazone groups is 1. The molecule has 124 valence electrons. The minimum absolute atomic E-state index is 0.102. The Morgan fingerprint density at radius 3 is 2.39 bits per heavy atom. The number of nitro groups is 1. The minimum Gasteiger partial charge on any atom is -0.465 e. The SMILES string of the molecule is CCOC(=O)[C@@H](CC)/C(C)=N/NC(=O)c1ccc([N+](=O)[O-])cc1. The molecular weight excluding hydrogens is 302 g/mol. The molecule has 0 aliphatic heterocycles. The fraction of sp³-hybridized carbons (Fsp3) is 0.400. The van der Waals surface area contributed by atoms with E-state index < -0.39 is 16.7 Å². The first-order chi connectivity index (χ1) is 10.9. The van der Waals surface area contributed by atoms with Gasteiger partial charge in [0.2, 0.25) is 0 Å². The first kappa shape index (κ1) is 18.3. The maximum absolute atomic E-state index is 11.9. The molecule has 0 fully saturated rings. The Kier molecular flexibility index (Phi) is 6.85. The summed E-state index contributed by atoms with van der Waals surface area (Å²) in [6.07, 6.45) is 0.502. The number of nitro benzene ring substituents is 1. The zero-order valence-corrected chi connectivity index (χ0v) is 13.2. The highest BCUT2D eigenvalue weighted by atomic mass is 16.6. The van der Waals surface area contributed by atoms with Crippen LogP contribution in [0.5, 0.6) is 0 Å². The van der Waals surface area contributed by atoms with Crippen LogP contribution >= 0.6 is 0 Å². The molecule has 0 aliphatic carbocycles. The fourth-order valence-electron chi connectivity index (χ4n) is 1.89. The molecular formula is C15H19N3O5. The van der Waals surface area contributed by atoms with Crippen molar-refractivity contribution in [1.82, 2.24) is 5.43 Å². The molecule has 1 aromatic rings. The largest absolute Gasteiger partial charge is 0.465 e. The molecule has 8 heteroatoms. The average Bonchev–Trinajstić information content (AvgIpc) is 2.53. The normalized spacial score (nSPS) is 12.4. The number of hydrogen-bond donors (Lipinski definition) is 1. The van der Waals surface area contributed by atoms with Gasteiger partial charge in [-0.2, -0.15) is 5.10 Å². The molecule has 0 saturated carbocycles. The van der Waals surface area contributed by atoms with Gasteiger partial charge >= 0.3 is 5.97 Å². The lowest BCUT2D eigenvalue weighted by Gasteiger charge is -2.13. The second-order valence-corrected chi connectivity index (χ2v) is 4.71. The van der Waals surface area contributed by atoms with Gasteiger partial charge in [-0.25, -0.2) is 5.43 Å². The third-order valence-electron chi connectivity index (χ3n) is 3.16. The van der Waals surface area contributed by atoms with Gasteiger partial charge in [0.15, 0.2) is 0 Å².